The normalized spacial score (nSPS) is 20.9. The van der Waals surface area contributed by atoms with E-state index in [2.05, 4.69) is 10.1 Å². The van der Waals surface area contributed by atoms with Crippen LogP contribution in [0.5, 0.6) is 0 Å². The summed E-state index contributed by atoms with van der Waals surface area (Å²) in [4.78, 5) is 8.94. The van der Waals surface area contributed by atoms with Gasteiger partial charge in [-0.25, -0.2) is 4.21 Å². The molecule has 21 heavy (non-hydrogen) atoms. The van der Waals surface area contributed by atoms with Gasteiger partial charge in [0.2, 0.25) is 0 Å². The highest BCUT2D eigenvalue weighted by atomic mass is 32.2. The maximum atomic E-state index is 12.8. The Morgan fingerprint density at radius 1 is 1.14 bits per heavy atom. The second-order valence-corrected chi connectivity index (χ2v) is 6.43. The molecule has 5 heteroatoms. The Morgan fingerprint density at radius 3 is 2.81 bits per heavy atom. The third-order valence-electron chi connectivity index (χ3n) is 3.91. The van der Waals surface area contributed by atoms with Crippen molar-refractivity contribution in [1.82, 2.24) is 0 Å². The molecular formula is C16H14N2O2S. The monoisotopic (exact) mass is 298 g/mol. The molecule has 0 aliphatic carbocycles. The molecule has 0 bridgehead atoms. The molecule has 106 valence electrons. The van der Waals surface area contributed by atoms with Crippen molar-refractivity contribution in [2.24, 2.45) is 5.16 Å². The van der Waals surface area contributed by atoms with E-state index < -0.39 is 10.8 Å². The average molecular weight is 298 g/mol. The second-order valence-electron chi connectivity index (χ2n) is 5.01. The van der Waals surface area contributed by atoms with E-state index in [0.717, 1.165) is 45.4 Å². The number of fused-ring (bicyclic) bond motifs is 2. The number of nitrogens with zero attached hydrogens (tertiary/aromatic N) is 2. The number of anilines is 2. The van der Waals surface area contributed by atoms with E-state index in [1.165, 1.54) is 0 Å². The number of rotatable bonds is 1. The summed E-state index contributed by atoms with van der Waals surface area (Å²) in [6.45, 7) is 0.820. The van der Waals surface area contributed by atoms with Gasteiger partial charge in [-0.05, 0) is 18.2 Å². The molecule has 0 spiro atoms. The molecule has 1 atom stereocenters. The SMILES string of the molecule is CO/N=C1\CCN2c3ccccc3S(=O)c3cccc1c32. The van der Waals surface area contributed by atoms with E-state index in [0.29, 0.717) is 0 Å². The smallest absolute Gasteiger partial charge is 0.106 e. The summed E-state index contributed by atoms with van der Waals surface area (Å²) in [5.41, 5.74) is 3.98. The zero-order valence-electron chi connectivity index (χ0n) is 11.6. The van der Waals surface area contributed by atoms with Gasteiger partial charge in [0.15, 0.2) is 0 Å². The molecule has 0 aromatic heterocycles. The zero-order chi connectivity index (χ0) is 14.4. The number of para-hydroxylation sites is 2. The van der Waals surface area contributed by atoms with Gasteiger partial charge in [0, 0.05) is 18.5 Å². The number of hydrogen-bond donors (Lipinski definition) is 0. The first-order valence-electron chi connectivity index (χ1n) is 6.83. The van der Waals surface area contributed by atoms with Crippen LogP contribution in [-0.2, 0) is 15.6 Å². The molecule has 1 unspecified atom stereocenters. The van der Waals surface area contributed by atoms with Gasteiger partial charge in [-0.2, -0.15) is 0 Å². The predicted octanol–water partition coefficient (Wildman–Crippen LogP) is 3.06. The van der Waals surface area contributed by atoms with Crippen LogP contribution in [-0.4, -0.2) is 23.6 Å². The first kappa shape index (κ1) is 12.6. The number of oxime groups is 1. The molecule has 0 radical (unpaired) electrons. The predicted molar refractivity (Wildman–Crippen MR) is 82.7 cm³/mol. The van der Waals surface area contributed by atoms with Crippen LogP contribution in [0.4, 0.5) is 11.4 Å². The molecule has 2 aromatic carbocycles. The Morgan fingerprint density at radius 2 is 1.95 bits per heavy atom. The lowest BCUT2D eigenvalue weighted by atomic mass is 9.98. The molecule has 2 aromatic rings. The van der Waals surface area contributed by atoms with Crippen LogP contribution in [0.1, 0.15) is 12.0 Å². The third kappa shape index (κ3) is 1.74. The lowest BCUT2D eigenvalue weighted by Crippen LogP contribution is -2.32. The fourth-order valence-electron chi connectivity index (χ4n) is 3.05. The van der Waals surface area contributed by atoms with Gasteiger partial charge in [0.05, 0.1) is 37.7 Å². The van der Waals surface area contributed by atoms with Crippen LogP contribution in [0.3, 0.4) is 0 Å². The molecule has 2 aliphatic rings. The van der Waals surface area contributed by atoms with Crippen molar-refractivity contribution < 1.29 is 9.05 Å². The molecule has 2 heterocycles. The molecule has 4 rings (SSSR count). The van der Waals surface area contributed by atoms with Crippen molar-refractivity contribution in [2.75, 3.05) is 18.6 Å². The molecule has 2 aliphatic heterocycles. The lowest BCUT2D eigenvalue weighted by Gasteiger charge is -2.37. The van der Waals surface area contributed by atoms with E-state index in [-0.39, 0.29) is 0 Å². The molecule has 0 amide bonds. The third-order valence-corrected chi connectivity index (χ3v) is 5.38. The molecule has 0 saturated carbocycles. The van der Waals surface area contributed by atoms with Gasteiger partial charge in [-0.3, -0.25) is 0 Å². The van der Waals surface area contributed by atoms with Crippen LogP contribution < -0.4 is 4.90 Å². The number of benzene rings is 2. The van der Waals surface area contributed by atoms with E-state index in [1.54, 1.807) is 7.11 Å². The molecule has 0 saturated heterocycles. The molecule has 0 N–H and O–H groups in total. The molecule has 0 fully saturated rings. The minimum atomic E-state index is -1.15. The van der Waals surface area contributed by atoms with Crippen molar-refractivity contribution in [3.05, 3.63) is 48.0 Å². The standard InChI is InChI=1S/C16H14N2O2S/c1-20-17-12-9-10-18-13-6-2-3-7-14(13)21(19)15-8-4-5-11(12)16(15)18/h2-8H,9-10H2,1H3/b17-12+. The highest BCUT2D eigenvalue weighted by Crippen LogP contribution is 2.45. The van der Waals surface area contributed by atoms with Crippen molar-refractivity contribution in [3.8, 4) is 0 Å². The highest BCUT2D eigenvalue weighted by Gasteiger charge is 2.33. The van der Waals surface area contributed by atoms with E-state index in [1.807, 2.05) is 42.5 Å². The first-order valence-corrected chi connectivity index (χ1v) is 7.98. The molecule has 4 nitrogen and oxygen atoms in total. The molecular weight excluding hydrogens is 284 g/mol. The van der Waals surface area contributed by atoms with Crippen LogP contribution in [0.25, 0.3) is 0 Å². The Balaban J connectivity index is 2.01. The summed E-state index contributed by atoms with van der Waals surface area (Å²) >= 11 is 0. The summed E-state index contributed by atoms with van der Waals surface area (Å²) in [5, 5.41) is 4.13. The van der Waals surface area contributed by atoms with Crippen molar-refractivity contribution in [1.29, 1.82) is 0 Å². The fraction of sp³-hybridized carbons (Fsp3) is 0.188. The largest absolute Gasteiger partial charge is 0.399 e. The minimum absolute atomic E-state index is 0.811. The van der Waals surface area contributed by atoms with Gasteiger partial charge >= 0.3 is 0 Å². The van der Waals surface area contributed by atoms with Gasteiger partial charge < -0.3 is 9.74 Å². The van der Waals surface area contributed by atoms with Crippen LogP contribution in [0.15, 0.2) is 57.4 Å². The lowest BCUT2D eigenvalue weighted by molar-refractivity contribution is 0.212. The van der Waals surface area contributed by atoms with Crippen LogP contribution in [0.2, 0.25) is 0 Å². The van der Waals surface area contributed by atoms with Crippen molar-refractivity contribution in [3.63, 3.8) is 0 Å². The first-order chi connectivity index (χ1) is 10.3. The van der Waals surface area contributed by atoms with Gasteiger partial charge in [-0.1, -0.05) is 29.4 Å². The summed E-state index contributed by atoms with van der Waals surface area (Å²) in [6, 6.07) is 13.8. The van der Waals surface area contributed by atoms with Crippen LogP contribution >= 0.6 is 0 Å². The van der Waals surface area contributed by atoms with E-state index >= 15 is 0 Å². The maximum absolute atomic E-state index is 12.8. The van der Waals surface area contributed by atoms with Gasteiger partial charge in [0.25, 0.3) is 0 Å². The fourth-order valence-corrected chi connectivity index (χ4v) is 4.45. The highest BCUT2D eigenvalue weighted by molar-refractivity contribution is 7.85. The maximum Gasteiger partial charge on any atom is 0.106 e. The van der Waals surface area contributed by atoms with E-state index in [4.69, 9.17) is 4.84 Å². The Kier molecular flexibility index (Phi) is 2.82. The second kappa shape index (κ2) is 4.70. The Bertz CT molecular complexity index is 786. The Labute approximate surface area is 125 Å². The van der Waals surface area contributed by atoms with Crippen molar-refractivity contribution >= 4 is 27.9 Å². The summed E-state index contributed by atoms with van der Waals surface area (Å²) in [5.74, 6) is 0. The van der Waals surface area contributed by atoms with Crippen LogP contribution in [0, 0.1) is 0 Å². The van der Waals surface area contributed by atoms with Crippen molar-refractivity contribution in [2.45, 2.75) is 16.2 Å². The summed E-state index contributed by atoms with van der Waals surface area (Å²) < 4.78 is 12.8. The van der Waals surface area contributed by atoms with E-state index in [9.17, 15) is 4.21 Å². The topological polar surface area (TPSA) is 41.9 Å². The summed E-state index contributed by atoms with van der Waals surface area (Å²) in [7, 11) is 0.413. The Hall–Kier alpha value is -2.14. The zero-order valence-corrected chi connectivity index (χ0v) is 12.4. The number of hydrogen-bond acceptors (Lipinski definition) is 4. The van der Waals surface area contributed by atoms with Gasteiger partial charge in [-0.15, -0.1) is 0 Å². The summed E-state index contributed by atoms with van der Waals surface area (Å²) in [6.07, 6.45) is 0.811. The average Bonchev–Trinajstić information content (AvgIpc) is 2.54. The minimum Gasteiger partial charge on any atom is -0.399 e. The van der Waals surface area contributed by atoms with Gasteiger partial charge in [0.1, 0.15) is 7.11 Å². The quantitative estimate of drug-likeness (QED) is 0.760.